The van der Waals surface area contributed by atoms with Crippen LogP contribution in [0.1, 0.15) is 25.7 Å². The highest BCUT2D eigenvalue weighted by molar-refractivity contribution is 5.41. The molecule has 0 saturated carbocycles. The molecule has 0 aliphatic heterocycles. The zero-order valence-corrected chi connectivity index (χ0v) is 7.98. The smallest absolute Gasteiger partial charge is 0.00990 e. The van der Waals surface area contributed by atoms with E-state index in [0.29, 0.717) is 0 Å². The molecule has 0 heterocycles. The van der Waals surface area contributed by atoms with Crippen molar-refractivity contribution in [3.05, 3.63) is 12.2 Å². The summed E-state index contributed by atoms with van der Waals surface area (Å²) in [6.45, 7) is 0. The summed E-state index contributed by atoms with van der Waals surface area (Å²) in [5.41, 5.74) is 0. The van der Waals surface area contributed by atoms with Crippen molar-refractivity contribution < 1.29 is 0 Å². The molecule has 0 radical (unpaired) electrons. The van der Waals surface area contributed by atoms with Crippen LogP contribution in [0.4, 0.5) is 0 Å². The van der Waals surface area contributed by atoms with Crippen LogP contribution in [0.2, 0.25) is 0 Å². The average Bonchev–Trinajstić information content (AvgIpc) is 2.22. The molecule has 1 rings (SSSR count). The Labute approximate surface area is 85.8 Å². The summed E-state index contributed by atoms with van der Waals surface area (Å²) < 4.78 is 0. The van der Waals surface area contributed by atoms with Crippen molar-refractivity contribution in [3.63, 3.8) is 0 Å². The van der Waals surface area contributed by atoms with E-state index in [1.807, 2.05) is 6.08 Å². The van der Waals surface area contributed by atoms with E-state index in [0.717, 1.165) is 25.7 Å². The summed E-state index contributed by atoms with van der Waals surface area (Å²) in [7, 11) is 0. The minimum absolute atomic E-state index is 0.918. The third-order valence-electron chi connectivity index (χ3n) is 1.60. The number of rotatable bonds is 0. The summed E-state index contributed by atoms with van der Waals surface area (Å²) in [5.74, 6) is 21.8. The topological polar surface area (TPSA) is 0 Å². The predicted molar refractivity (Wildman–Crippen MR) is 58.7 cm³/mol. The molecule has 0 heteroatoms. The van der Waals surface area contributed by atoms with E-state index in [1.54, 1.807) is 0 Å². The lowest BCUT2D eigenvalue weighted by molar-refractivity contribution is 0.772. The van der Waals surface area contributed by atoms with Gasteiger partial charge in [-0.3, -0.25) is 0 Å². The Bertz CT molecular complexity index is 433. The molecule has 0 amide bonds. The van der Waals surface area contributed by atoms with Crippen LogP contribution in [-0.2, 0) is 0 Å². The number of allylic oxidation sites excluding steroid dienone is 2. The summed E-state index contributed by atoms with van der Waals surface area (Å²) in [4.78, 5) is 0. The second-order valence-electron chi connectivity index (χ2n) is 2.72. The van der Waals surface area contributed by atoms with Gasteiger partial charge in [-0.2, -0.15) is 0 Å². The minimum Gasteiger partial charge on any atom is -0.0891 e. The fourth-order valence-corrected chi connectivity index (χ4v) is 0.927. The molecule has 0 nitrogen and oxygen atoms in total. The van der Waals surface area contributed by atoms with Crippen molar-refractivity contribution in [2.24, 2.45) is 0 Å². The van der Waals surface area contributed by atoms with Gasteiger partial charge >= 0.3 is 0 Å². The van der Waals surface area contributed by atoms with Crippen LogP contribution in [0.25, 0.3) is 0 Å². The van der Waals surface area contributed by atoms with E-state index in [-0.39, 0.29) is 0 Å². The highest BCUT2D eigenvalue weighted by atomic mass is 13.9. The zero-order chi connectivity index (χ0) is 9.90. The van der Waals surface area contributed by atoms with Gasteiger partial charge in [0.05, 0.1) is 0 Å². The summed E-state index contributed by atoms with van der Waals surface area (Å²) in [6.07, 6.45) is 8.18. The minimum atomic E-state index is 0.918. The molecule has 0 N–H and O–H groups in total. The van der Waals surface area contributed by atoms with E-state index in [2.05, 4.69) is 53.4 Å². The first-order chi connectivity index (χ1) is 7.00. The lowest BCUT2D eigenvalue weighted by Crippen LogP contribution is -1.72. The van der Waals surface area contributed by atoms with Crippen molar-refractivity contribution in [2.75, 3.05) is 0 Å². The second-order valence-corrected chi connectivity index (χ2v) is 2.72. The molecule has 1 aliphatic carbocycles. The number of hydrogen-bond acceptors (Lipinski definition) is 0. The van der Waals surface area contributed by atoms with E-state index in [9.17, 15) is 0 Å². The Morgan fingerprint density at radius 3 is 2.50 bits per heavy atom. The van der Waals surface area contributed by atoms with Crippen LogP contribution in [0, 0.1) is 47.4 Å². The van der Waals surface area contributed by atoms with Crippen LogP contribution in [0.15, 0.2) is 12.2 Å². The third kappa shape index (κ3) is 5.61. The van der Waals surface area contributed by atoms with Crippen LogP contribution in [0.3, 0.4) is 0 Å². The van der Waals surface area contributed by atoms with Gasteiger partial charge in [0.1, 0.15) is 0 Å². The van der Waals surface area contributed by atoms with Gasteiger partial charge < -0.3 is 0 Å². The Hall–Kier alpha value is -2.02. The average molecular weight is 178 g/mol. The molecule has 0 spiro atoms. The summed E-state index contributed by atoms with van der Waals surface area (Å²) in [6, 6.07) is 0. The lowest BCUT2D eigenvalue weighted by Gasteiger charge is -1.89. The van der Waals surface area contributed by atoms with Gasteiger partial charge in [0, 0.05) is 6.42 Å². The molecule has 0 atom stereocenters. The zero-order valence-electron chi connectivity index (χ0n) is 7.98. The molecule has 0 unspecified atom stereocenters. The largest absolute Gasteiger partial charge is 0.0891 e. The molecule has 0 aromatic heterocycles. The standard InChI is InChI=1S/C14H10/c1-2-4-6-8-10-12-14-13-11-9-7-5-3-1/h1-2H,3,5,7,9H2/b2-1-. The second kappa shape index (κ2) is 7.62. The van der Waals surface area contributed by atoms with Crippen molar-refractivity contribution >= 4 is 0 Å². The Kier molecular flexibility index (Phi) is 5.48. The van der Waals surface area contributed by atoms with Gasteiger partial charge in [-0.15, -0.1) is 0 Å². The quantitative estimate of drug-likeness (QED) is 0.498. The van der Waals surface area contributed by atoms with Gasteiger partial charge in [-0.05, 0) is 60.9 Å². The van der Waals surface area contributed by atoms with Gasteiger partial charge in [-0.1, -0.05) is 17.9 Å². The maximum Gasteiger partial charge on any atom is 0.00990 e. The van der Waals surface area contributed by atoms with Crippen molar-refractivity contribution in [1.82, 2.24) is 0 Å². The first kappa shape index (κ1) is 10.1. The van der Waals surface area contributed by atoms with Crippen molar-refractivity contribution in [2.45, 2.75) is 25.7 Å². The summed E-state index contributed by atoms with van der Waals surface area (Å²) >= 11 is 0. The predicted octanol–water partition coefficient (Wildman–Crippen LogP) is 2.13. The first-order valence-corrected chi connectivity index (χ1v) is 4.63. The van der Waals surface area contributed by atoms with Crippen LogP contribution in [0.5, 0.6) is 0 Å². The van der Waals surface area contributed by atoms with Gasteiger partial charge in [-0.25, -0.2) is 0 Å². The van der Waals surface area contributed by atoms with Crippen LogP contribution >= 0.6 is 0 Å². The van der Waals surface area contributed by atoms with Crippen molar-refractivity contribution in [1.29, 1.82) is 0 Å². The number of hydrogen-bond donors (Lipinski definition) is 0. The highest BCUT2D eigenvalue weighted by Crippen LogP contribution is 1.99. The van der Waals surface area contributed by atoms with E-state index < -0.39 is 0 Å². The Morgan fingerprint density at radius 2 is 1.57 bits per heavy atom. The highest BCUT2D eigenvalue weighted by Gasteiger charge is 1.82. The molecule has 1 aliphatic rings. The molecule has 0 bridgehead atoms. The fourth-order valence-electron chi connectivity index (χ4n) is 0.927. The molecule has 0 aromatic rings. The molecule has 0 saturated heterocycles. The van der Waals surface area contributed by atoms with E-state index in [1.165, 1.54) is 0 Å². The lowest BCUT2D eigenvalue weighted by atomic mass is 10.2. The summed E-state index contributed by atoms with van der Waals surface area (Å²) in [5, 5.41) is 0. The van der Waals surface area contributed by atoms with Gasteiger partial charge in [0.25, 0.3) is 0 Å². The molecular formula is C14H10. The molecule has 66 valence electrons. The SMILES string of the molecule is C1#CC#C/C=C\CCCCC#CC#C1. The molecular weight excluding hydrogens is 168 g/mol. The molecule has 0 aromatic carbocycles. The monoisotopic (exact) mass is 178 g/mol. The molecule has 14 heavy (non-hydrogen) atoms. The maximum absolute atomic E-state index is 2.99. The van der Waals surface area contributed by atoms with Crippen molar-refractivity contribution in [3.8, 4) is 47.4 Å². The fraction of sp³-hybridized carbons (Fsp3) is 0.286. The third-order valence-corrected chi connectivity index (χ3v) is 1.60. The Balaban J connectivity index is 2.64. The Morgan fingerprint density at radius 1 is 0.786 bits per heavy atom. The normalized spacial score (nSPS) is 16.0. The first-order valence-electron chi connectivity index (χ1n) is 4.63. The van der Waals surface area contributed by atoms with Gasteiger partial charge in [0.15, 0.2) is 0 Å². The van der Waals surface area contributed by atoms with Crippen LogP contribution < -0.4 is 0 Å². The molecule has 0 fully saturated rings. The van der Waals surface area contributed by atoms with Crippen LogP contribution in [-0.4, -0.2) is 0 Å². The van der Waals surface area contributed by atoms with E-state index >= 15 is 0 Å². The maximum atomic E-state index is 2.99. The van der Waals surface area contributed by atoms with E-state index in [4.69, 9.17) is 0 Å². The van der Waals surface area contributed by atoms with Gasteiger partial charge in [0.2, 0.25) is 0 Å².